The summed E-state index contributed by atoms with van der Waals surface area (Å²) in [6.07, 6.45) is 4.94. The molecular formula is C15H18N2O3S. The average Bonchev–Trinajstić information content (AvgIpc) is 3.22. The predicted molar refractivity (Wildman–Crippen MR) is 81.4 cm³/mol. The molecule has 112 valence electrons. The van der Waals surface area contributed by atoms with E-state index in [1.165, 1.54) is 6.26 Å². The summed E-state index contributed by atoms with van der Waals surface area (Å²) >= 11 is 1.97. The van der Waals surface area contributed by atoms with Crippen molar-refractivity contribution in [1.82, 2.24) is 10.2 Å². The summed E-state index contributed by atoms with van der Waals surface area (Å²) in [5.41, 5.74) is 1.10. The Morgan fingerprint density at radius 2 is 2.19 bits per heavy atom. The van der Waals surface area contributed by atoms with Crippen LogP contribution >= 0.6 is 11.8 Å². The van der Waals surface area contributed by atoms with E-state index in [4.69, 9.17) is 8.83 Å². The number of carbonyl (C=O) groups is 1. The molecule has 1 N–H and O–H groups in total. The third-order valence-corrected chi connectivity index (χ3v) is 4.56. The molecule has 6 heteroatoms. The quantitative estimate of drug-likeness (QED) is 0.919. The lowest BCUT2D eigenvalue weighted by molar-refractivity contribution is 0.0907. The van der Waals surface area contributed by atoms with Crippen LogP contribution in [-0.4, -0.2) is 41.9 Å². The van der Waals surface area contributed by atoms with Gasteiger partial charge in [-0.1, -0.05) is 0 Å². The number of thioether (sulfide) groups is 1. The number of rotatable bonds is 5. The minimum Gasteiger partial charge on any atom is -0.472 e. The van der Waals surface area contributed by atoms with Crippen molar-refractivity contribution in [3.05, 3.63) is 48.3 Å². The summed E-state index contributed by atoms with van der Waals surface area (Å²) in [7, 11) is 0. The highest BCUT2D eigenvalue weighted by molar-refractivity contribution is 7.99. The zero-order valence-electron chi connectivity index (χ0n) is 11.7. The molecule has 1 aliphatic heterocycles. The Kier molecular flexibility index (Phi) is 4.67. The average molecular weight is 306 g/mol. The van der Waals surface area contributed by atoms with E-state index >= 15 is 0 Å². The predicted octanol–water partition coefficient (Wildman–Crippen LogP) is 2.39. The van der Waals surface area contributed by atoms with Crippen LogP contribution in [0.4, 0.5) is 0 Å². The van der Waals surface area contributed by atoms with Crippen LogP contribution in [0.5, 0.6) is 0 Å². The molecule has 0 aliphatic carbocycles. The smallest absolute Gasteiger partial charge is 0.287 e. The summed E-state index contributed by atoms with van der Waals surface area (Å²) in [6.45, 7) is 2.60. The lowest BCUT2D eigenvalue weighted by Crippen LogP contribution is -2.41. The minimum absolute atomic E-state index is 0.142. The van der Waals surface area contributed by atoms with Crippen molar-refractivity contribution in [3.8, 4) is 0 Å². The van der Waals surface area contributed by atoms with E-state index in [0.29, 0.717) is 12.3 Å². The molecule has 2 aromatic rings. The van der Waals surface area contributed by atoms with Gasteiger partial charge in [0.1, 0.15) is 0 Å². The van der Waals surface area contributed by atoms with Crippen LogP contribution in [0.15, 0.2) is 45.8 Å². The largest absolute Gasteiger partial charge is 0.472 e. The molecule has 1 fully saturated rings. The molecule has 0 saturated carbocycles. The van der Waals surface area contributed by atoms with Crippen LogP contribution in [0, 0.1) is 0 Å². The SMILES string of the molecule is O=C(NC[C@@H](c1ccoc1)N1CCSCC1)c1ccco1. The Balaban J connectivity index is 1.66. The first kappa shape index (κ1) is 14.3. The van der Waals surface area contributed by atoms with Gasteiger partial charge in [0.05, 0.1) is 24.8 Å². The van der Waals surface area contributed by atoms with Crippen LogP contribution in [-0.2, 0) is 0 Å². The minimum atomic E-state index is -0.181. The molecule has 0 bridgehead atoms. The van der Waals surface area contributed by atoms with Gasteiger partial charge in [-0.3, -0.25) is 9.69 Å². The highest BCUT2D eigenvalue weighted by Crippen LogP contribution is 2.24. The van der Waals surface area contributed by atoms with Gasteiger partial charge in [-0.05, 0) is 18.2 Å². The Hall–Kier alpha value is -1.66. The third kappa shape index (κ3) is 3.51. The summed E-state index contributed by atoms with van der Waals surface area (Å²) < 4.78 is 10.3. The van der Waals surface area contributed by atoms with Gasteiger partial charge in [0.2, 0.25) is 0 Å². The molecule has 2 aromatic heterocycles. The maximum Gasteiger partial charge on any atom is 0.287 e. The lowest BCUT2D eigenvalue weighted by Gasteiger charge is -2.33. The second kappa shape index (κ2) is 6.87. The van der Waals surface area contributed by atoms with Crippen molar-refractivity contribution in [1.29, 1.82) is 0 Å². The molecule has 0 spiro atoms. The first-order chi connectivity index (χ1) is 10.3. The first-order valence-electron chi connectivity index (χ1n) is 7.00. The van der Waals surface area contributed by atoms with Gasteiger partial charge in [-0.15, -0.1) is 0 Å². The number of amides is 1. The van der Waals surface area contributed by atoms with E-state index < -0.39 is 0 Å². The summed E-state index contributed by atoms with van der Waals surface area (Å²) in [5.74, 6) is 2.41. The maximum absolute atomic E-state index is 12.0. The van der Waals surface area contributed by atoms with E-state index in [1.54, 1.807) is 24.7 Å². The van der Waals surface area contributed by atoms with Gasteiger partial charge in [0.15, 0.2) is 5.76 Å². The third-order valence-electron chi connectivity index (χ3n) is 3.62. The maximum atomic E-state index is 12.0. The summed E-state index contributed by atoms with van der Waals surface area (Å²) in [6, 6.07) is 5.48. The van der Waals surface area contributed by atoms with Crippen LogP contribution in [0.2, 0.25) is 0 Å². The Bertz CT molecular complexity index is 548. The Morgan fingerprint density at radius 1 is 1.33 bits per heavy atom. The van der Waals surface area contributed by atoms with Crippen molar-refractivity contribution < 1.29 is 13.6 Å². The standard InChI is InChI=1S/C15H18N2O3S/c18-15(14-2-1-6-20-14)16-10-13(12-3-7-19-11-12)17-4-8-21-9-5-17/h1-3,6-7,11,13H,4-5,8-10H2,(H,16,18)/t13-/m0/s1. The van der Waals surface area contributed by atoms with Gasteiger partial charge < -0.3 is 14.2 Å². The van der Waals surface area contributed by atoms with Crippen LogP contribution < -0.4 is 5.32 Å². The molecule has 3 heterocycles. The van der Waals surface area contributed by atoms with Crippen molar-refractivity contribution in [3.63, 3.8) is 0 Å². The molecule has 1 saturated heterocycles. The second-order valence-electron chi connectivity index (χ2n) is 4.91. The summed E-state index contributed by atoms with van der Waals surface area (Å²) in [5, 5.41) is 2.95. The fourth-order valence-electron chi connectivity index (χ4n) is 2.50. The normalized spacial score (nSPS) is 17.5. The molecular weight excluding hydrogens is 288 g/mol. The fraction of sp³-hybridized carbons (Fsp3) is 0.400. The number of carbonyl (C=O) groups excluding carboxylic acids is 1. The van der Waals surface area contributed by atoms with E-state index in [9.17, 15) is 4.79 Å². The van der Waals surface area contributed by atoms with Gasteiger partial charge in [0, 0.05) is 36.7 Å². The van der Waals surface area contributed by atoms with Crippen molar-refractivity contribution in [2.75, 3.05) is 31.1 Å². The summed E-state index contributed by atoms with van der Waals surface area (Å²) in [4.78, 5) is 14.4. The van der Waals surface area contributed by atoms with Gasteiger partial charge >= 0.3 is 0 Å². The van der Waals surface area contributed by atoms with Crippen molar-refractivity contribution >= 4 is 17.7 Å². The highest BCUT2D eigenvalue weighted by Gasteiger charge is 2.24. The van der Waals surface area contributed by atoms with Crippen molar-refractivity contribution in [2.24, 2.45) is 0 Å². The highest BCUT2D eigenvalue weighted by atomic mass is 32.2. The number of furan rings is 2. The molecule has 1 aliphatic rings. The molecule has 3 rings (SSSR count). The van der Waals surface area contributed by atoms with Crippen LogP contribution in [0.25, 0.3) is 0 Å². The molecule has 0 radical (unpaired) electrons. The van der Waals surface area contributed by atoms with Gasteiger partial charge in [-0.25, -0.2) is 0 Å². The first-order valence-corrected chi connectivity index (χ1v) is 8.15. The fourth-order valence-corrected chi connectivity index (χ4v) is 3.43. The molecule has 0 aromatic carbocycles. The van der Waals surface area contributed by atoms with Crippen LogP contribution in [0.1, 0.15) is 22.2 Å². The number of nitrogens with zero attached hydrogens (tertiary/aromatic N) is 1. The number of hydrogen-bond donors (Lipinski definition) is 1. The molecule has 0 unspecified atom stereocenters. The van der Waals surface area contributed by atoms with Gasteiger partial charge in [0.25, 0.3) is 5.91 Å². The second-order valence-corrected chi connectivity index (χ2v) is 6.13. The number of hydrogen-bond acceptors (Lipinski definition) is 5. The molecule has 1 atom stereocenters. The van der Waals surface area contributed by atoms with E-state index in [2.05, 4.69) is 10.2 Å². The van der Waals surface area contributed by atoms with E-state index in [-0.39, 0.29) is 11.9 Å². The Morgan fingerprint density at radius 3 is 2.86 bits per heavy atom. The van der Waals surface area contributed by atoms with E-state index in [0.717, 1.165) is 30.2 Å². The Labute approximate surface area is 127 Å². The molecule has 21 heavy (non-hydrogen) atoms. The van der Waals surface area contributed by atoms with Gasteiger partial charge in [-0.2, -0.15) is 11.8 Å². The lowest BCUT2D eigenvalue weighted by atomic mass is 10.1. The number of nitrogens with one attached hydrogen (secondary N) is 1. The zero-order chi connectivity index (χ0) is 14.5. The zero-order valence-corrected chi connectivity index (χ0v) is 12.5. The van der Waals surface area contributed by atoms with E-state index in [1.807, 2.05) is 17.8 Å². The van der Waals surface area contributed by atoms with Crippen molar-refractivity contribution in [2.45, 2.75) is 6.04 Å². The van der Waals surface area contributed by atoms with Crippen LogP contribution in [0.3, 0.4) is 0 Å². The monoisotopic (exact) mass is 306 g/mol. The topological polar surface area (TPSA) is 58.6 Å². The molecule has 1 amide bonds. The molecule has 5 nitrogen and oxygen atoms in total.